The first-order valence-electron chi connectivity index (χ1n) is 13.1. The number of ether oxygens (including phenoxy) is 2. The molecule has 0 saturated heterocycles. The Morgan fingerprint density at radius 3 is 2.57 bits per heavy atom. The minimum atomic E-state index is -4.48. The zero-order valence-corrected chi connectivity index (χ0v) is 24.0. The summed E-state index contributed by atoms with van der Waals surface area (Å²) in [6, 6.07) is 12.2. The molecular formula is C28H31FN5O7P. The molecule has 0 amide bonds. The van der Waals surface area contributed by atoms with E-state index in [2.05, 4.69) is 24.8 Å². The molecule has 2 aromatic carbocycles. The third-order valence-electron chi connectivity index (χ3n) is 6.26. The van der Waals surface area contributed by atoms with Crippen LogP contribution in [0.5, 0.6) is 11.5 Å². The number of anilines is 2. The average Bonchev–Trinajstić information content (AvgIpc) is 2.97. The second-order valence-corrected chi connectivity index (χ2v) is 10.3. The van der Waals surface area contributed by atoms with Crippen molar-refractivity contribution in [3.05, 3.63) is 78.1 Å². The number of ketones is 1. The molecule has 0 saturated carbocycles. The molecule has 2 aromatic heterocycles. The summed E-state index contributed by atoms with van der Waals surface area (Å²) in [5.74, 6) is 0.599. The number of carbonyl (C=O) groups is 1. The highest BCUT2D eigenvalue weighted by Crippen LogP contribution is 2.36. The molecule has 4 aromatic rings. The highest BCUT2D eigenvalue weighted by molar-refractivity contribution is 7.46. The molecule has 0 atom stereocenters. The number of aromatic nitrogens is 3. The molecule has 0 radical (unpaired) electrons. The second-order valence-electron chi connectivity index (χ2n) is 9.10. The van der Waals surface area contributed by atoms with Gasteiger partial charge in [0.25, 0.3) is 0 Å². The van der Waals surface area contributed by atoms with E-state index >= 15 is 0 Å². The Morgan fingerprint density at radius 2 is 1.88 bits per heavy atom. The molecule has 2 heterocycles. The fourth-order valence-electron chi connectivity index (χ4n) is 4.14. The zero-order chi connectivity index (χ0) is 30.1. The molecule has 0 aliphatic rings. The van der Waals surface area contributed by atoms with Crippen LogP contribution in [0.25, 0.3) is 10.9 Å². The van der Waals surface area contributed by atoms with Crippen molar-refractivity contribution in [1.29, 1.82) is 0 Å². The van der Waals surface area contributed by atoms with Crippen LogP contribution in [0.15, 0.2) is 61.1 Å². The number of phosphoric ester groups is 1. The Labute approximate surface area is 241 Å². The fraction of sp³-hybridized carbons (Fsp3) is 0.286. The summed E-state index contributed by atoms with van der Waals surface area (Å²) in [6.07, 6.45) is 3.56. The van der Waals surface area contributed by atoms with Crippen LogP contribution in [0.3, 0.4) is 0 Å². The first-order chi connectivity index (χ1) is 20.2. The molecule has 42 heavy (non-hydrogen) atoms. The van der Waals surface area contributed by atoms with Crippen molar-refractivity contribution in [2.24, 2.45) is 0 Å². The monoisotopic (exact) mass is 599 g/mol. The number of hydrogen-bond donors (Lipinski definition) is 3. The molecule has 0 aliphatic carbocycles. The molecule has 0 fully saturated rings. The largest absolute Gasteiger partial charge is 0.493 e. The molecule has 4 rings (SSSR count). The molecule has 0 aliphatic heterocycles. The van der Waals surface area contributed by atoms with E-state index in [0.717, 1.165) is 0 Å². The van der Waals surface area contributed by atoms with Gasteiger partial charge in [0.2, 0.25) is 5.78 Å². The standard InChI is InChI=1S/C28H31FN5O7P/c1-3-34(11-13-41-42(36,37)38)10-5-12-40-26-16-24-22(15-25(26)39-2)28(32-18-31-24)33-21-8-9-23(30-17-21)27(35)19-6-4-7-20(29)14-19/h4,6-9,14-18H,3,5,10-13H2,1-2H3,(H,31,32,33)(H2,36,37,38). The number of fused-ring (bicyclic) bond motifs is 1. The van der Waals surface area contributed by atoms with Gasteiger partial charge in [-0.3, -0.25) is 14.3 Å². The quantitative estimate of drug-likeness (QED) is 0.101. The molecular weight excluding hydrogens is 568 g/mol. The van der Waals surface area contributed by atoms with Gasteiger partial charge in [0.1, 0.15) is 23.7 Å². The number of likely N-dealkylation sites (N-methyl/N-ethyl adjacent to an activating group) is 1. The van der Waals surface area contributed by atoms with Crippen molar-refractivity contribution in [2.75, 3.05) is 45.3 Å². The van der Waals surface area contributed by atoms with Gasteiger partial charge >= 0.3 is 7.82 Å². The van der Waals surface area contributed by atoms with Gasteiger partial charge in [-0.05, 0) is 43.3 Å². The summed E-state index contributed by atoms with van der Waals surface area (Å²) in [5, 5.41) is 3.85. The van der Waals surface area contributed by atoms with Crippen LogP contribution in [0, 0.1) is 5.82 Å². The number of carbonyl (C=O) groups excluding carboxylic acids is 1. The molecule has 14 heteroatoms. The van der Waals surface area contributed by atoms with Crippen molar-refractivity contribution in [1.82, 2.24) is 19.9 Å². The van der Waals surface area contributed by atoms with Gasteiger partial charge in [-0.1, -0.05) is 19.1 Å². The van der Waals surface area contributed by atoms with E-state index in [4.69, 9.17) is 19.3 Å². The molecule has 3 N–H and O–H groups in total. The minimum Gasteiger partial charge on any atom is -0.493 e. The number of rotatable bonds is 15. The van der Waals surface area contributed by atoms with E-state index in [-0.39, 0.29) is 23.6 Å². The summed E-state index contributed by atoms with van der Waals surface area (Å²) in [4.78, 5) is 45.2. The van der Waals surface area contributed by atoms with Crippen LogP contribution >= 0.6 is 7.82 Å². The van der Waals surface area contributed by atoms with E-state index in [1.807, 2.05) is 11.8 Å². The highest BCUT2D eigenvalue weighted by atomic mass is 31.2. The summed E-state index contributed by atoms with van der Waals surface area (Å²) < 4.78 is 40.4. The van der Waals surface area contributed by atoms with Crippen LogP contribution in [-0.4, -0.2) is 75.4 Å². The third-order valence-corrected chi connectivity index (χ3v) is 6.78. The Morgan fingerprint density at radius 1 is 1.05 bits per heavy atom. The van der Waals surface area contributed by atoms with Gasteiger partial charge in [-0.25, -0.2) is 18.9 Å². The normalized spacial score (nSPS) is 11.6. The van der Waals surface area contributed by atoms with Crippen LogP contribution in [0.4, 0.5) is 15.9 Å². The number of nitrogens with zero attached hydrogens (tertiary/aromatic N) is 4. The van der Waals surface area contributed by atoms with Gasteiger partial charge in [-0.15, -0.1) is 0 Å². The topological polar surface area (TPSA) is 156 Å². The van der Waals surface area contributed by atoms with Gasteiger partial charge in [0.15, 0.2) is 11.5 Å². The summed E-state index contributed by atoms with van der Waals surface area (Å²) >= 11 is 0. The average molecular weight is 600 g/mol. The Hall–Kier alpha value is -4.00. The number of pyridine rings is 1. The lowest BCUT2D eigenvalue weighted by Gasteiger charge is -2.20. The van der Waals surface area contributed by atoms with Crippen LogP contribution in [-0.2, 0) is 9.09 Å². The maximum Gasteiger partial charge on any atom is 0.469 e. The van der Waals surface area contributed by atoms with E-state index < -0.39 is 13.6 Å². The van der Waals surface area contributed by atoms with Crippen molar-refractivity contribution < 1.29 is 37.5 Å². The highest BCUT2D eigenvalue weighted by Gasteiger charge is 2.16. The van der Waals surface area contributed by atoms with Crippen LogP contribution in [0.1, 0.15) is 29.4 Å². The number of benzene rings is 2. The van der Waals surface area contributed by atoms with Gasteiger partial charge in [-0.2, -0.15) is 0 Å². The Bertz CT molecular complexity index is 1570. The first-order valence-corrected chi connectivity index (χ1v) is 14.6. The molecule has 12 nitrogen and oxygen atoms in total. The molecule has 0 spiro atoms. The van der Waals surface area contributed by atoms with Crippen molar-refractivity contribution in [3.63, 3.8) is 0 Å². The number of nitrogens with one attached hydrogen (secondary N) is 1. The maximum absolute atomic E-state index is 13.5. The number of hydrogen-bond acceptors (Lipinski definition) is 10. The summed E-state index contributed by atoms with van der Waals surface area (Å²) in [6.45, 7) is 3.98. The lowest BCUT2D eigenvalue weighted by Crippen LogP contribution is -2.29. The van der Waals surface area contributed by atoms with Crippen molar-refractivity contribution in [2.45, 2.75) is 13.3 Å². The molecule has 222 valence electrons. The molecule has 0 bridgehead atoms. The Kier molecular flexibility index (Phi) is 10.5. The third kappa shape index (κ3) is 8.51. The van der Waals surface area contributed by atoms with E-state index in [1.54, 1.807) is 24.3 Å². The number of halogens is 1. The van der Waals surface area contributed by atoms with Crippen molar-refractivity contribution >= 4 is 36.0 Å². The lowest BCUT2D eigenvalue weighted by molar-refractivity contribution is 0.103. The van der Waals surface area contributed by atoms with E-state index in [0.29, 0.717) is 66.6 Å². The zero-order valence-electron chi connectivity index (χ0n) is 23.1. The minimum absolute atomic E-state index is 0.0687. The fourth-order valence-corrected chi connectivity index (χ4v) is 4.46. The SMILES string of the molecule is CCN(CCCOc1cc2ncnc(Nc3ccc(C(=O)c4cccc(F)c4)nc3)c2cc1OC)CCOP(=O)(O)O. The number of phosphoric acid groups is 1. The van der Waals surface area contributed by atoms with Crippen LogP contribution < -0.4 is 14.8 Å². The van der Waals surface area contributed by atoms with E-state index in [1.165, 1.54) is 43.9 Å². The predicted molar refractivity (Wildman–Crippen MR) is 154 cm³/mol. The summed E-state index contributed by atoms with van der Waals surface area (Å²) in [5.41, 5.74) is 1.58. The summed E-state index contributed by atoms with van der Waals surface area (Å²) in [7, 11) is -2.95. The van der Waals surface area contributed by atoms with Gasteiger partial charge < -0.3 is 29.5 Å². The van der Waals surface area contributed by atoms with Crippen LogP contribution in [0.2, 0.25) is 0 Å². The number of methoxy groups -OCH3 is 1. The Balaban J connectivity index is 1.40. The first kappa shape index (κ1) is 30.9. The lowest BCUT2D eigenvalue weighted by atomic mass is 10.1. The maximum atomic E-state index is 13.5. The van der Waals surface area contributed by atoms with Crippen molar-refractivity contribution in [3.8, 4) is 11.5 Å². The smallest absolute Gasteiger partial charge is 0.469 e. The molecule has 0 unspecified atom stereocenters. The van der Waals surface area contributed by atoms with Gasteiger partial charge in [0, 0.05) is 30.1 Å². The second kappa shape index (κ2) is 14.3. The van der Waals surface area contributed by atoms with Gasteiger partial charge in [0.05, 0.1) is 37.7 Å². The van der Waals surface area contributed by atoms with E-state index in [9.17, 15) is 13.8 Å². The predicted octanol–water partition coefficient (Wildman–Crippen LogP) is 4.35.